The number of nitrogens with one attached hydrogen (secondary N) is 1. The molecule has 6 nitrogen and oxygen atoms in total. The Labute approximate surface area is 123 Å². The molecule has 2 amide bonds. The van der Waals surface area contributed by atoms with E-state index in [9.17, 15) is 14.7 Å². The van der Waals surface area contributed by atoms with Crippen LogP contribution in [0, 0.1) is 0 Å². The molecule has 0 radical (unpaired) electrons. The predicted molar refractivity (Wildman–Crippen MR) is 78.7 cm³/mol. The first-order valence-electron chi connectivity index (χ1n) is 7.09. The molecule has 21 heavy (non-hydrogen) atoms. The highest BCUT2D eigenvalue weighted by Crippen LogP contribution is 2.24. The van der Waals surface area contributed by atoms with Gasteiger partial charge >= 0.3 is 12.0 Å². The Kier molecular flexibility index (Phi) is 4.67. The lowest BCUT2D eigenvalue weighted by Gasteiger charge is -2.31. The average Bonchev–Trinajstić information content (AvgIpc) is 2.49. The number of hydrogen-bond acceptors (Lipinski definition) is 3. The first-order valence-corrected chi connectivity index (χ1v) is 7.09. The topological polar surface area (TPSA) is 89.9 Å². The molecule has 0 bridgehead atoms. The molecule has 0 saturated heterocycles. The summed E-state index contributed by atoms with van der Waals surface area (Å²) in [6.45, 7) is 0. The van der Waals surface area contributed by atoms with E-state index in [1.54, 1.807) is 11.9 Å². The number of aromatic hydroxyl groups is 1. The molecule has 1 saturated carbocycles. The molecule has 0 spiro atoms. The summed E-state index contributed by atoms with van der Waals surface area (Å²) in [5, 5.41) is 21.1. The Morgan fingerprint density at radius 3 is 2.52 bits per heavy atom. The number of aromatic carboxylic acids is 1. The second kappa shape index (κ2) is 6.47. The summed E-state index contributed by atoms with van der Waals surface area (Å²) < 4.78 is 0. The highest BCUT2D eigenvalue weighted by molar-refractivity contribution is 6.00. The van der Waals surface area contributed by atoms with Crippen molar-refractivity contribution in [3.05, 3.63) is 23.8 Å². The van der Waals surface area contributed by atoms with Gasteiger partial charge in [0.05, 0.1) is 11.3 Å². The van der Waals surface area contributed by atoms with Crippen molar-refractivity contribution in [2.24, 2.45) is 0 Å². The summed E-state index contributed by atoms with van der Waals surface area (Å²) in [5.41, 5.74) is 0.0633. The molecule has 6 heteroatoms. The maximum atomic E-state index is 12.2. The standard InChI is InChI=1S/C15H20N2O4/c1-17(10-5-3-2-4-6-10)15(21)16-13-8-7-11(18)9-12(13)14(19)20/h7-10,18H,2-6H2,1H3,(H,16,21)(H,19,20). The minimum Gasteiger partial charge on any atom is -0.508 e. The fourth-order valence-corrected chi connectivity index (χ4v) is 2.66. The van der Waals surface area contributed by atoms with Crippen LogP contribution in [0.3, 0.4) is 0 Å². The number of carboxylic acids is 1. The Hall–Kier alpha value is -2.24. The maximum absolute atomic E-state index is 12.2. The largest absolute Gasteiger partial charge is 0.508 e. The number of urea groups is 1. The quantitative estimate of drug-likeness (QED) is 0.747. The molecule has 0 unspecified atom stereocenters. The number of benzene rings is 1. The van der Waals surface area contributed by atoms with Crippen molar-refractivity contribution in [3.63, 3.8) is 0 Å². The van der Waals surface area contributed by atoms with Crippen LogP contribution in [-0.4, -0.2) is 40.2 Å². The zero-order valence-corrected chi connectivity index (χ0v) is 12.0. The van der Waals surface area contributed by atoms with Crippen LogP contribution in [0.2, 0.25) is 0 Å². The number of rotatable bonds is 3. The van der Waals surface area contributed by atoms with Crippen LogP contribution in [-0.2, 0) is 0 Å². The zero-order chi connectivity index (χ0) is 15.4. The van der Waals surface area contributed by atoms with E-state index in [1.165, 1.54) is 18.6 Å². The van der Waals surface area contributed by atoms with Crippen LogP contribution in [0.4, 0.5) is 10.5 Å². The molecule has 0 atom stereocenters. The summed E-state index contributed by atoms with van der Waals surface area (Å²) >= 11 is 0. The average molecular weight is 292 g/mol. The Morgan fingerprint density at radius 2 is 1.90 bits per heavy atom. The number of carbonyl (C=O) groups excluding carboxylic acids is 1. The van der Waals surface area contributed by atoms with Crippen molar-refractivity contribution in [1.29, 1.82) is 0 Å². The van der Waals surface area contributed by atoms with Crippen molar-refractivity contribution < 1.29 is 19.8 Å². The number of amides is 2. The summed E-state index contributed by atoms with van der Waals surface area (Å²) in [6.07, 6.45) is 5.38. The van der Waals surface area contributed by atoms with Gasteiger partial charge in [0.2, 0.25) is 0 Å². The van der Waals surface area contributed by atoms with E-state index in [-0.39, 0.29) is 29.1 Å². The minimum absolute atomic E-state index is 0.125. The van der Waals surface area contributed by atoms with Gasteiger partial charge in [0.25, 0.3) is 0 Å². The predicted octanol–water partition coefficient (Wildman–Crippen LogP) is 2.89. The first-order chi connectivity index (χ1) is 9.99. The van der Waals surface area contributed by atoms with Crippen LogP contribution in [0.1, 0.15) is 42.5 Å². The van der Waals surface area contributed by atoms with E-state index in [0.29, 0.717) is 0 Å². The van der Waals surface area contributed by atoms with Crippen LogP contribution in [0.25, 0.3) is 0 Å². The molecular formula is C15H20N2O4. The summed E-state index contributed by atoms with van der Waals surface area (Å²) in [7, 11) is 1.73. The van der Waals surface area contributed by atoms with Gasteiger partial charge in [-0.15, -0.1) is 0 Å². The third kappa shape index (κ3) is 3.65. The fraction of sp³-hybridized carbons (Fsp3) is 0.467. The van der Waals surface area contributed by atoms with Gasteiger partial charge in [-0.3, -0.25) is 0 Å². The highest BCUT2D eigenvalue weighted by Gasteiger charge is 2.23. The number of phenols is 1. The number of anilines is 1. The van der Waals surface area contributed by atoms with E-state index < -0.39 is 5.97 Å². The number of hydrogen-bond donors (Lipinski definition) is 3. The van der Waals surface area contributed by atoms with Crippen LogP contribution in [0.15, 0.2) is 18.2 Å². The van der Waals surface area contributed by atoms with Crippen LogP contribution in [0.5, 0.6) is 5.75 Å². The molecule has 0 heterocycles. The van der Waals surface area contributed by atoms with Crippen LogP contribution >= 0.6 is 0 Å². The molecule has 3 N–H and O–H groups in total. The molecule has 0 aromatic heterocycles. The smallest absolute Gasteiger partial charge is 0.337 e. The van der Waals surface area contributed by atoms with E-state index in [1.807, 2.05) is 0 Å². The Morgan fingerprint density at radius 1 is 1.24 bits per heavy atom. The van der Waals surface area contributed by atoms with Crippen molar-refractivity contribution in [2.45, 2.75) is 38.1 Å². The van der Waals surface area contributed by atoms with Gasteiger partial charge in [0.1, 0.15) is 5.75 Å². The minimum atomic E-state index is -1.19. The van der Waals surface area contributed by atoms with Crippen LogP contribution < -0.4 is 5.32 Å². The Balaban J connectivity index is 2.10. The molecular weight excluding hydrogens is 272 g/mol. The van der Waals surface area contributed by atoms with Gasteiger partial charge in [-0.05, 0) is 31.0 Å². The molecule has 0 aliphatic heterocycles. The lowest BCUT2D eigenvalue weighted by molar-refractivity contribution is 0.0697. The Bertz CT molecular complexity index is 538. The molecule has 1 aromatic carbocycles. The van der Waals surface area contributed by atoms with Gasteiger partial charge in [0.15, 0.2) is 0 Å². The lowest BCUT2D eigenvalue weighted by atomic mass is 9.95. The SMILES string of the molecule is CN(C(=O)Nc1ccc(O)cc1C(=O)O)C1CCCCC1. The van der Waals surface area contributed by atoms with Crippen molar-refractivity contribution in [3.8, 4) is 5.75 Å². The van der Waals surface area contributed by atoms with Crippen molar-refractivity contribution in [1.82, 2.24) is 4.90 Å². The third-order valence-electron chi connectivity index (χ3n) is 3.92. The molecule has 1 aliphatic rings. The summed E-state index contributed by atoms with van der Waals surface area (Å²) in [6, 6.07) is 3.74. The fourth-order valence-electron chi connectivity index (χ4n) is 2.66. The number of carbonyl (C=O) groups is 2. The molecule has 1 aromatic rings. The van der Waals surface area contributed by atoms with Gasteiger partial charge in [-0.25, -0.2) is 9.59 Å². The highest BCUT2D eigenvalue weighted by atomic mass is 16.4. The number of phenolic OH excluding ortho intramolecular Hbond substituents is 1. The first kappa shape index (κ1) is 15.2. The van der Waals surface area contributed by atoms with E-state index >= 15 is 0 Å². The lowest BCUT2D eigenvalue weighted by Crippen LogP contribution is -2.41. The van der Waals surface area contributed by atoms with E-state index in [4.69, 9.17) is 5.11 Å². The second-order valence-corrected chi connectivity index (χ2v) is 5.37. The van der Waals surface area contributed by atoms with E-state index in [0.717, 1.165) is 31.7 Å². The van der Waals surface area contributed by atoms with Gasteiger partial charge in [0, 0.05) is 13.1 Å². The molecule has 114 valence electrons. The number of nitrogens with zero attached hydrogens (tertiary/aromatic N) is 1. The van der Waals surface area contributed by atoms with Gasteiger partial charge < -0.3 is 20.4 Å². The zero-order valence-electron chi connectivity index (χ0n) is 12.0. The normalized spacial score (nSPS) is 15.5. The maximum Gasteiger partial charge on any atom is 0.337 e. The van der Waals surface area contributed by atoms with Crippen molar-refractivity contribution in [2.75, 3.05) is 12.4 Å². The molecule has 1 fully saturated rings. The van der Waals surface area contributed by atoms with Crippen molar-refractivity contribution >= 4 is 17.7 Å². The molecule has 2 rings (SSSR count). The summed E-state index contributed by atoms with van der Waals surface area (Å²) in [4.78, 5) is 25.0. The van der Waals surface area contributed by atoms with Gasteiger partial charge in [-0.1, -0.05) is 19.3 Å². The summed E-state index contributed by atoms with van der Waals surface area (Å²) in [5.74, 6) is -1.34. The second-order valence-electron chi connectivity index (χ2n) is 5.37. The van der Waals surface area contributed by atoms with Gasteiger partial charge in [-0.2, -0.15) is 0 Å². The monoisotopic (exact) mass is 292 g/mol. The third-order valence-corrected chi connectivity index (χ3v) is 3.92. The van der Waals surface area contributed by atoms with E-state index in [2.05, 4.69) is 5.32 Å². The number of carboxylic acid groups (broad SMARTS) is 1. The molecule has 1 aliphatic carbocycles.